The van der Waals surface area contributed by atoms with Crippen LogP contribution in [-0.2, 0) is 13.1 Å². The maximum atomic E-state index is 13.1. The predicted molar refractivity (Wildman–Crippen MR) is 102 cm³/mol. The number of nitro groups is 1. The van der Waals surface area contributed by atoms with Gasteiger partial charge in [0.1, 0.15) is 5.82 Å². The van der Waals surface area contributed by atoms with E-state index in [1.807, 2.05) is 6.07 Å². The van der Waals surface area contributed by atoms with Crippen molar-refractivity contribution in [3.05, 3.63) is 75.6 Å². The first kappa shape index (κ1) is 19.8. The van der Waals surface area contributed by atoms with E-state index in [0.717, 1.165) is 11.1 Å². The molecule has 128 valence electrons. The van der Waals surface area contributed by atoms with Gasteiger partial charge in [-0.25, -0.2) is 4.39 Å². The van der Waals surface area contributed by atoms with Crippen molar-refractivity contribution in [2.24, 2.45) is 4.99 Å². The van der Waals surface area contributed by atoms with Gasteiger partial charge in [0.25, 0.3) is 5.69 Å². The monoisotopic (exact) mass is 444 g/mol. The molecule has 0 bridgehead atoms. The molecule has 0 spiro atoms. The van der Waals surface area contributed by atoms with E-state index in [1.54, 1.807) is 25.2 Å². The lowest BCUT2D eigenvalue weighted by atomic mass is 10.2. The Hall–Kier alpha value is -2.23. The van der Waals surface area contributed by atoms with E-state index in [0.29, 0.717) is 19.0 Å². The molecule has 0 aliphatic heterocycles. The molecule has 0 aromatic heterocycles. The zero-order valence-corrected chi connectivity index (χ0v) is 15.4. The average Bonchev–Trinajstić information content (AvgIpc) is 2.55. The maximum Gasteiger partial charge on any atom is 0.269 e. The van der Waals surface area contributed by atoms with E-state index < -0.39 is 4.92 Å². The fraction of sp³-hybridized carbons (Fsp3) is 0.188. The van der Waals surface area contributed by atoms with Crippen molar-refractivity contribution in [3.63, 3.8) is 0 Å². The van der Waals surface area contributed by atoms with Crippen LogP contribution in [0.1, 0.15) is 11.1 Å². The predicted octanol–water partition coefficient (Wildman–Crippen LogP) is 3.22. The van der Waals surface area contributed by atoms with Gasteiger partial charge in [-0.05, 0) is 23.3 Å². The molecule has 2 aromatic rings. The lowest BCUT2D eigenvalue weighted by Gasteiger charge is -2.12. The molecule has 0 aliphatic carbocycles. The Bertz CT molecular complexity index is 707. The Morgan fingerprint density at radius 1 is 1.12 bits per heavy atom. The second kappa shape index (κ2) is 9.81. The number of nitro benzene ring substituents is 1. The summed E-state index contributed by atoms with van der Waals surface area (Å²) in [5.41, 5.74) is 1.76. The molecule has 0 amide bonds. The molecule has 8 heteroatoms. The molecule has 24 heavy (non-hydrogen) atoms. The average molecular weight is 444 g/mol. The number of hydrogen-bond donors (Lipinski definition) is 2. The highest BCUT2D eigenvalue weighted by atomic mass is 127. The van der Waals surface area contributed by atoms with Crippen molar-refractivity contribution in [1.82, 2.24) is 10.6 Å². The standard InChI is InChI=1S/C16H17FN4O2.HI/c1-18-16(20-11-13-3-2-4-14(17)9-13)19-10-12-5-7-15(8-6-12)21(22)23;/h2-9H,10-11H2,1H3,(H2,18,19,20);1H. The summed E-state index contributed by atoms with van der Waals surface area (Å²) in [6.07, 6.45) is 0. The van der Waals surface area contributed by atoms with Crippen molar-refractivity contribution in [3.8, 4) is 0 Å². The topological polar surface area (TPSA) is 79.6 Å². The number of halogens is 2. The summed E-state index contributed by atoms with van der Waals surface area (Å²) in [5.74, 6) is 0.283. The number of benzene rings is 2. The molecule has 0 saturated heterocycles. The van der Waals surface area contributed by atoms with E-state index in [4.69, 9.17) is 0 Å². The summed E-state index contributed by atoms with van der Waals surface area (Å²) in [7, 11) is 1.64. The van der Waals surface area contributed by atoms with Gasteiger partial charge in [0.2, 0.25) is 0 Å². The summed E-state index contributed by atoms with van der Waals surface area (Å²) in [6.45, 7) is 0.915. The highest BCUT2D eigenvalue weighted by Gasteiger charge is 2.04. The molecule has 0 radical (unpaired) electrons. The van der Waals surface area contributed by atoms with Gasteiger partial charge in [0.05, 0.1) is 4.92 Å². The van der Waals surface area contributed by atoms with E-state index >= 15 is 0 Å². The van der Waals surface area contributed by atoms with Crippen LogP contribution in [0.25, 0.3) is 0 Å². The molecule has 0 fully saturated rings. The molecule has 0 saturated carbocycles. The summed E-state index contributed by atoms with van der Waals surface area (Å²) < 4.78 is 13.1. The highest BCUT2D eigenvalue weighted by Crippen LogP contribution is 2.11. The van der Waals surface area contributed by atoms with Gasteiger partial charge < -0.3 is 10.6 Å². The Labute approximate surface area is 156 Å². The van der Waals surface area contributed by atoms with Gasteiger partial charge in [-0.3, -0.25) is 15.1 Å². The fourth-order valence-corrected chi connectivity index (χ4v) is 1.97. The molecule has 0 atom stereocenters. The summed E-state index contributed by atoms with van der Waals surface area (Å²) >= 11 is 0. The Kier molecular flexibility index (Phi) is 8.10. The Morgan fingerprint density at radius 2 is 1.75 bits per heavy atom. The lowest BCUT2D eigenvalue weighted by molar-refractivity contribution is -0.384. The van der Waals surface area contributed by atoms with Crippen LogP contribution in [0.5, 0.6) is 0 Å². The number of rotatable bonds is 5. The van der Waals surface area contributed by atoms with Gasteiger partial charge in [0, 0.05) is 32.3 Å². The number of aliphatic imine (C=N–C) groups is 1. The lowest BCUT2D eigenvalue weighted by Crippen LogP contribution is -2.36. The first-order chi connectivity index (χ1) is 11.1. The Morgan fingerprint density at radius 3 is 2.29 bits per heavy atom. The Balaban J connectivity index is 0.00000288. The third-order valence-corrected chi connectivity index (χ3v) is 3.18. The van der Waals surface area contributed by atoms with Crippen LogP contribution in [0.15, 0.2) is 53.5 Å². The number of nitrogens with zero attached hydrogens (tertiary/aromatic N) is 2. The minimum absolute atomic E-state index is 0. The molecular formula is C16H18FIN4O2. The van der Waals surface area contributed by atoms with E-state index in [2.05, 4.69) is 15.6 Å². The second-order valence-corrected chi connectivity index (χ2v) is 4.83. The normalized spacial score (nSPS) is 10.7. The van der Waals surface area contributed by atoms with Crippen LogP contribution in [0.4, 0.5) is 10.1 Å². The summed E-state index contributed by atoms with van der Waals surface area (Å²) in [4.78, 5) is 14.2. The van der Waals surface area contributed by atoms with E-state index in [-0.39, 0.29) is 35.5 Å². The number of non-ortho nitro benzene ring substituents is 1. The molecule has 0 aliphatic rings. The largest absolute Gasteiger partial charge is 0.352 e. The fourth-order valence-electron chi connectivity index (χ4n) is 1.97. The zero-order chi connectivity index (χ0) is 16.7. The van der Waals surface area contributed by atoms with Crippen LogP contribution in [-0.4, -0.2) is 17.9 Å². The van der Waals surface area contributed by atoms with Gasteiger partial charge in [-0.1, -0.05) is 24.3 Å². The smallest absolute Gasteiger partial charge is 0.269 e. The zero-order valence-electron chi connectivity index (χ0n) is 13.0. The van der Waals surface area contributed by atoms with Crippen LogP contribution in [0, 0.1) is 15.9 Å². The van der Waals surface area contributed by atoms with Gasteiger partial charge in [-0.2, -0.15) is 0 Å². The summed E-state index contributed by atoms with van der Waals surface area (Å²) in [6, 6.07) is 12.6. The van der Waals surface area contributed by atoms with Gasteiger partial charge in [0.15, 0.2) is 5.96 Å². The highest BCUT2D eigenvalue weighted by molar-refractivity contribution is 14.0. The van der Waals surface area contributed by atoms with Crippen molar-refractivity contribution in [1.29, 1.82) is 0 Å². The third kappa shape index (κ3) is 6.11. The summed E-state index contributed by atoms with van der Waals surface area (Å²) in [5, 5.41) is 16.8. The van der Waals surface area contributed by atoms with Crippen molar-refractivity contribution in [2.45, 2.75) is 13.1 Å². The maximum absolute atomic E-state index is 13.1. The quantitative estimate of drug-likeness (QED) is 0.244. The molecule has 2 rings (SSSR count). The first-order valence-corrected chi connectivity index (χ1v) is 7.01. The second-order valence-electron chi connectivity index (χ2n) is 4.83. The molecule has 0 heterocycles. The van der Waals surface area contributed by atoms with Crippen molar-refractivity contribution < 1.29 is 9.31 Å². The van der Waals surface area contributed by atoms with E-state index in [1.165, 1.54) is 24.3 Å². The van der Waals surface area contributed by atoms with Gasteiger partial charge in [-0.15, -0.1) is 24.0 Å². The van der Waals surface area contributed by atoms with Crippen LogP contribution >= 0.6 is 24.0 Å². The van der Waals surface area contributed by atoms with Gasteiger partial charge >= 0.3 is 0 Å². The van der Waals surface area contributed by atoms with Crippen LogP contribution < -0.4 is 10.6 Å². The van der Waals surface area contributed by atoms with Crippen LogP contribution in [0.3, 0.4) is 0 Å². The number of hydrogen-bond acceptors (Lipinski definition) is 3. The minimum atomic E-state index is -0.434. The number of nitrogens with one attached hydrogen (secondary N) is 2. The van der Waals surface area contributed by atoms with Crippen molar-refractivity contribution in [2.75, 3.05) is 7.05 Å². The SMILES string of the molecule is CN=C(NCc1ccc([N+](=O)[O-])cc1)NCc1cccc(F)c1.I. The molecule has 2 N–H and O–H groups in total. The van der Waals surface area contributed by atoms with Crippen LogP contribution in [0.2, 0.25) is 0 Å². The van der Waals surface area contributed by atoms with E-state index in [9.17, 15) is 14.5 Å². The first-order valence-electron chi connectivity index (χ1n) is 7.01. The molecule has 2 aromatic carbocycles. The molecular weight excluding hydrogens is 426 g/mol. The van der Waals surface area contributed by atoms with Crippen molar-refractivity contribution >= 4 is 35.6 Å². The minimum Gasteiger partial charge on any atom is -0.352 e. The molecule has 6 nitrogen and oxygen atoms in total. The third-order valence-electron chi connectivity index (χ3n) is 3.18. The number of guanidine groups is 1. The molecule has 0 unspecified atom stereocenters.